The van der Waals surface area contributed by atoms with Crippen molar-refractivity contribution in [3.63, 3.8) is 0 Å². The number of fused-ring (bicyclic) bond motifs is 4. The van der Waals surface area contributed by atoms with E-state index in [1.807, 2.05) is 24.3 Å². The minimum atomic E-state index is 0.917. The van der Waals surface area contributed by atoms with Gasteiger partial charge in [-0.3, -0.25) is 4.40 Å². The van der Waals surface area contributed by atoms with Gasteiger partial charge in [-0.05, 0) is 41.0 Å². The van der Waals surface area contributed by atoms with Gasteiger partial charge >= 0.3 is 0 Å². The van der Waals surface area contributed by atoms with Crippen molar-refractivity contribution in [1.82, 2.24) is 9.38 Å². The summed E-state index contributed by atoms with van der Waals surface area (Å²) >= 11 is 0. The second kappa shape index (κ2) is 9.11. The molecule has 0 bridgehead atoms. The first-order chi connectivity index (χ1) is 19.8. The third kappa shape index (κ3) is 3.63. The molecule has 8 aromatic rings. The molecule has 0 spiro atoms. The summed E-state index contributed by atoms with van der Waals surface area (Å²) in [7, 11) is 0. The molecule has 0 aliphatic rings. The lowest BCUT2D eigenvalue weighted by Gasteiger charge is -2.09. The van der Waals surface area contributed by atoms with Gasteiger partial charge in [0.15, 0.2) is 0 Å². The SMILES string of the molecule is c1ccc(-c2c(-c3cccc(-c4ccc(-c5cccc6c5oc5ccccc56)cc4)c3)nc3ccccn23)cc1. The average Bonchev–Trinajstić information content (AvgIpc) is 3.61. The Bertz CT molecular complexity index is 2150. The summed E-state index contributed by atoms with van der Waals surface area (Å²) in [4.78, 5) is 5.05. The summed E-state index contributed by atoms with van der Waals surface area (Å²) in [6, 6.07) is 48.6. The number of para-hydroxylation sites is 2. The minimum absolute atomic E-state index is 0.917. The van der Waals surface area contributed by atoms with Crippen LogP contribution in [-0.4, -0.2) is 9.38 Å². The molecule has 0 fully saturated rings. The molecule has 3 heteroatoms. The van der Waals surface area contributed by atoms with Crippen LogP contribution >= 0.6 is 0 Å². The molecule has 0 atom stereocenters. The Labute approximate surface area is 231 Å². The molecule has 188 valence electrons. The van der Waals surface area contributed by atoms with E-state index < -0.39 is 0 Å². The van der Waals surface area contributed by atoms with Crippen LogP contribution in [0, 0.1) is 0 Å². The van der Waals surface area contributed by atoms with E-state index in [-0.39, 0.29) is 0 Å². The van der Waals surface area contributed by atoms with Crippen LogP contribution in [0.1, 0.15) is 0 Å². The average molecular weight is 513 g/mol. The molecule has 40 heavy (non-hydrogen) atoms. The van der Waals surface area contributed by atoms with E-state index in [2.05, 4.69) is 126 Å². The van der Waals surface area contributed by atoms with Gasteiger partial charge in [0.25, 0.3) is 0 Å². The van der Waals surface area contributed by atoms with Crippen molar-refractivity contribution in [2.75, 3.05) is 0 Å². The summed E-state index contributed by atoms with van der Waals surface area (Å²) in [5, 5.41) is 2.29. The highest BCUT2D eigenvalue weighted by Gasteiger charge is 2.16. The third-order valence-electron chi connectivity index (χ3n) is 7.65. The molecule has 3 nitrogen and oxygen atoms in total. The summed E-state index contributed by atoms with van der Waals surface area (Å²) in [5.74, 6) is 0. The molecule has 3 heterocycles. The lowest BCUT2D eigenvalue weighted by atomic mass is 9.97. The van der Waals surface area contributed by atoms with Gasteiger partial charge in [0.05, 0.1) is 11.4 Å². The van der Waals surface area contributed by atoms with Crippen molar-refractivity contribution in [3.8, 4) is 44.8 Å². The van der Waals surface area contributed by atoms with Crippen LogP contribution in [0.15, 0.2) is 150 Å². The van der Waals surface area contributed by atoms with Gasteiger partial charge in [-0.1, -0.05) is 115 Å². The highest BCUT2D eigenvalue weighted by atomic mass is 16.3. The van der Waals surface area contributed by atoms with E-state index >= 15 is 0 Å². The standard InChI is InChI=1S/C37H24N2O/c1-2-10-27(11-3-1)36-35(38-34-18-6-7-23-39(34)36)29-13-8-12-28(24-29)25-19-21-26(22-20-25)30-15-9-16-32-31-14-4-5-17-33(31)40-37(30)32/h1-24H. The van der Waals surface area contributed by atoms with Crippen LogP contribution in [0.3, 0.4) is 0 Å². The number of hydrogen-bond donors (Lipinski definition) is 0. The highest BCUT2D eigenvalue weighted by Crippen LogP contribution is 2.37. The maximum absolute atomic E-state index is 6.28. The Balaban J connectivity index is 1.20. The summed E-state index contributed by atoms with van der Waals surface area (Å²) in [5.41, 5.74) is 11.7. The van der Waals surface area contributed by atoms with Crippen LogP contribution in [0.5, 0.6) is 0 Å². The molecule has 0 saturated heterocycles. The zero-order valence-corrected chi connectivity index (χ0v) is 21.7. The zero-order valence-electron chi connectivity index (χ0n) is 21.7. The number of imidazole rings is 1. The molecular formula is C37H24N2O. The maximum Gasteiger partial charge on any atom is 0.143 e. The number of aromatic nitrogens is 2. The predicted octanol–water partition coefficient (Wildman–Crippen LogP) is 9.90. The Morgan fingerprint density at radius 3 is 2.10 bits per heavy atom. The van der Waals surface area contributed by atoms with Gasteiger partial charge < -0.3 is 4.42 Å². The predicted molar refractivity (Wildman–Crippen MR) is 164 cm³/mol. The van der Waals surface area contributed by atoms with Gasteiger partial charge in [-0.2, -0.15) is 0 Å². The monoisotopic (exact) mass is 512 g/mol. The normalized spacial score (nSPS) is 11.5. The number of hydrogen-bond acceptors (Lipinski definition) is 2. The molecule has 0 aliphatic carbocycles. The summed E-state index contributed by atoms with van der Waals surface area (Å²) in [6.07, 6.45) is 2.08. The molecule has 5 aromatic carbocycles. The first-order valence-corrected chi connectivity index (χ1v) is 13.5. The first-order valence-electron chi connectivity index (χ1n) is 13.5. The van der Waals surface area contributed by atoms with Crippen molar-refractivity contribution < 1.29 is 4.42 Å². The summed E-state index contributed by atoms with van der Waals surface area (Å²) < 4.78 is 8.45. The maximum atomic E-state index is 6.28. The van der Waals surface area contributed by atoms with Crippen molar-refractivity contribution in [2.24, 2.45) is 0 Å². The largest absolute Gasteiger partial charge is 0.455 e. The molecule has 8 rings (SSSR count). The smallest absolute Gasteiger partial charge is 0.143 e. The fourth-order valence-electron chi connectivity index (χ4n) is 5.73. The molecule has 0 radical (unpaired) electrons. The van der Waals surface area contributed by atoms with Gasteiger partial charge in [0.2, 0.25) is 0 Å². The highest BCUT2D eigenvalue weighted by molar-refractivity contribution is 6.09. The minimum Gasteiger partial charge on any atom is -0.455 e. The Hall–Kier alpha value is -5.41. The van der Waals surface area contributed by atoms with E-state index in [1.165, 1.54) is 0 Å². The van der Waals surface area contributed by atoms with E-state index in [9.17, 15) is 0 Å². The second-order valence-corrected chi connectivity index (χ2v) is 10.0. The molecule has 0 unspecified atom stereocenters. The van der Waals surface area contributed by atoms with Crippen molar-refractivity contribution in [2.45, 2.75) is 0 Å². The quantitative estimate of drug-likeness (QED) is 0.235. The Kier molecular flexibility index (Phi) is 5.14. The van der Waals surface area contributed by atoms with E-state index in [4.69, 9.17) is 9.40 Å². The van der Waals surface area contributed by atoms with E-state index in [0.717, 1.165) is 72.4 Å². The van der Waals surface area contributed by atoms with Crippen LogP contribution in [0.25, 0.3) is 72.4 Å². The van der Waals surface area contributed by atoms with Gasteiger partial charge in [-0.15, -0.1) is 0 Å². The van der Waals surface area contributed by atoms with Crippen molar-refractivity contribution in [1.29, 1.82) is 0 Å². The molecule has 3 aromatic heterocycles. The second-order valence-electron chi connectivity index (χ2n) is 10.0. The summed E-state index contributed by atoms with van der Waals surface area (Å²) in [6.45, 7) is 0. The van der Waals surface area contributed by atoms with Gasteiger partial charge in [0.1, 0.15) is 16.8 Å². The van der Waals surface area contributed by atoms with Crippen LogP contribution in [-0.2, 0) is 0 Å². The zero-order chi connectivity index (χ0) is 26.5. The number of benzene rings is 5. The lowest BCUT2D eigenvalue weighted by Crippen LogP contribution is -1.89. The lowest BCUT2D eigenvalue weighted by molar-refractivity contribution is 0.670. The fourth-order valence-corrected chi connectivity index (χ4v) is 5.73. The van der Waals surface area contributed by atoms with Crippen molar-refractivity contribution in [3.05, 3.63) is 146 Å². The number of nitrogens with zero attached hydrogens (tertiary/aromatic N) is 2. The number of pyridine rings is 1. The van der Waals surface area contributed by atoms with E-state index in [0.29, 0.717) is 0 Å². The Morgan fingerprint density at radius 2 is 1.20 bits per heavy atom. The van der Waals surface area contributed by atoms with E-state index in [1.54, 1.807) is 0 Å². The number of furan rings is 1. The number of rotatable bonds is 4. The van der Waals surface area contributed by atoms with Gasteiger partial charge in [0, 0.05) is 33.7 Å². The molecule has 0 N–H and O–H groups in total. The third-order valence-corrected chi connectivity index (χ3v) is 7.65. The Morgan fingerprint density at radius 1 is 0.500 bits per heavy atom. The fraction of sp³-hybridized carbons (Fsp3) is 0. The van der Waals surface area contributed by atoms with Crippen molar-refractivity contribution >= 4 is 27.6 Å². The first kappa shape index (κ1) is 22.6. The topological polar surface area (TPSA) is 30.4 Å². The van der Waals surface area contributed by atoms with Gasteiger partial charge in [-0.25, -0.2) is 4.98 Å². The van der Waals surface area contributed by atoms with Crippen LogP contribution < -0.4 is 0 Å². The van der Waals surface area contributed by atoms with Crippen LogP contribution in [0.2, 0.25) is 0 Å². The molecule has 0 aliphatic heterocycles. The molecular weight excluding hydrogens is 488 g/mol. The van der Waals surface area contributed by atoms with Crippen LogP contribution in [0.4, 0.5) is 0 Å². The molecule has 0 saturated carbocycles. The molecule has 0 amide bonds.